The van der Waals surface area contributed by atoms with E-state index in [1.807, 2.05) is 20.0 Å². The van der Waals surface area contributed by atoms with Gasteiger partial charge < -0.3 is 4.74 Å². The minimum absolute atomic E-state index is 0.290. The predicted octanol–water partition coefficient (Wildman–Crippen LogP) is 1.27. The summed E-state index contributed by atoms with van der Waals surface area (Å²) in [6.07, 6.45) is 2.16. The monoisotopic (exact) mass is 222 g/mol. The zero-order chi connectivity index (χ0) is 11.5. The van der Waals surface area contributed by atoms with E-state index in [1.54, 1.807) is 4.68 Å². The lowest BCUT2D eigenvalue weighted by atomic mass is 9.99. The average molecular weight is 222 g/mol. The predicted molar refractivity (Wildman–Crippen MR) is 60.2 cm³/mol. The van der Waals surface area contributed by atoms with Crippen molar-refractivity contribution < 1.29 is 9.53 Å². The zero-order valence-corrected chi connectivity index (χ0v) is 9.90. The third-order valence-electron chi connectivity index (χ3n) is 3.02. The van der Waals surface area contributed by atoms with Crippen molar-refractivity contribution in [3.63, 3.8) is 0 Å². The molecule has 1 saturated heterocycles. The maximum Gasteiger partial charge on any atom is 0.139 e. The molecule has 1 aliphatic rings. The highest BCUT2D eigenvalue weighted by atomic mass is 16.5. The summed E-state index contributed by atoms with van der Waals surface area (Å²) in [5.41, 5.74) is 1.97. The van der Waals surface area contributed by atoms with Crippen LogP contribution >= 0.6 is 0 Å². The Hall–Kier alpha value is -1.16. The van der Waals surface area contributed by atoms with Crippen LogP contribution in [0, 0.1) is 12.8 Å². The van der Waals surface area contributed by atoms with Crippen molar-refractivity contribution >= 4 is 5.78 Å². The molecule has 1 aromatic heterocycles. The molecule has 0 saturated carbocycles. The number of aryl methyl sites for hydroxylation is 2. The van der Waals surface area contributed by atoms with E-state index in [1.165, 1.54) is 0 Å². The lowest BCUT2D eigenvalue weighted by Crippen LogP contribution is -2.12. The van der Waals surface area contributed by atoms with E-state index >= 15 is 0 Å². The Kier molecular flexibility index (Phi) is 3.39. The molecule has 16 heavy (non-hydrogen) atoms. The van der Waals surface area contributed by atoms with Crippen molar-refractivity contribution in [3.8, 4) is 0 Å². The second kappa shape index (κ2) is 4.78. The van der Waals surface area contributed by atoms with Gasteiger partial charge in [-0.2, -0.15) is 5.10 Å². The van der Waals surface area contributed by atoms with Crippen LogP contribution in [0.3, 0.4) is 0 Å². The molecule has 1 fully saturated rings. The Balaban J connectivity index is 1.89. The zero-order valence-electron chi connectivity index (χ0n) is 9.90. The molecule has 88 valence electrons. The number of hydrogen-bond donors (Lipinski definition) is 0. The number of carbonyl (C=O) groups excluding carboxylic acids is 1. The minimum atomic E-state index is 0.290. The number of aromatic nitrogens is 2. The number of ether oxygens (including phenoxy) is 1. The fourth-order valence-corrected chi connectivity index (χ4v) is 2.17. The molecule has 1 atom stereocenters. The van der Waals surface area contributed by atoms with Crippen molar-refractivity contribution in [3.05, 3.63) is 17.5 Å². The fraction of sp³-hybridized carbons (Fsp3) is 0.667. The van der Waals surface area contributed by atoms with Gasteiger partial charge in [-0.15, -0.1) is 0 Å². The summed E-state index contributed by atoms with van der Waals surface area (Å²) in [7, 11) is 1.88. The van der Waals surface area contributed by atoms with Gasteiger partial charge in [-0.3, -0.25) is 9.48 Å². The molecule has 1 aromatic rings. The summed E-state index contributed by atoms with van der Waals surface area (Å²) in [6, 6.07) is 1.98. The van der Waals surface area contributed by atoms with Crippen LogP contribution < -0.4 is 0 Å². The molecule has 0 spiro atoms. The minimum Gasteiger partial charge on any atom is -0.381 e. The number of nitrogens with zero attached hydrogens (tertiary/aromatic N) is 2. The average Bonchev–Trinajstić information content (AvgIpc) is 2.78. The second-order valence-corrected chi connectivity index (χ2v) is 4.55. The first-order chi connectivity index (χ1) is 7.65. The second-order valence-electron chi connectivity index (χ2n) is 4.55. The van der Waals surface area contributed by atoms with Crippen LogP contribution in [0.2, 0.25) is 0 Å². The van der Waals surface area contributed by atoms with Gasteiger partial charge in [0.05, 0.1) is 5.69 Å². The van der Waals surface area contributed by atoms with E-state index in [2.05, 4.69) is 5.10 Å². The van der Waals surface area contributed by atoms with Crippen LogP contribution in [0.15, 0.2) is 6.07 Å². The van der Waals surface area contributed by atoms with E-state index in [9.17, 15) is 4.79 Å². The fourth-order valence-electron chi connectivity index (χ4n) is 2.17. The summed E-state index contributed by atoms with van der Waals surface area (Å²) >= 11 is 0. The molecule has 4 heteroatoms. The van der Waals surface area contributed by atoms with Crippen molar-refractivity contribution in [1.82, 2.24) is 9.78 Å². The Morgan fingerprint density at radius 2 is 2.50 bits per heavy atom. The topological polar surface area (TPSA) is 44.1 Å². The van der Waals surface area contributed by atoms with Crippen LogP contribution in [0.5, 0.6) is 0 Å². The normalized spacial score (nSPS) is 20.2. The summed E-state index contributed by atoms with van der Waals surface area (Å²) in [6.45, 7) is 3.50. The molecular weight excluding hydrogens is 204 g/mol. The summed E-state index contributed by atoms with van der Waals surface area (Å²) in [5.74, 6) is 0.723. The van der Waals surface area contributed by atoms with Gasteiger partial charge in [-0.1, -0.05) is 0 Å². The maximum atomic E-state index is 11.8. The van der Waals surface area contributed by atoms with Gasteiger partial charge in [-0.25, -0.2) is 0 Å². The molecule has 0 N–H and O–H groups in total. The standard InChI is InChI=1S/C12H18N2O2/c1-9-5-11(14(2)13-9)7-12(15)6-10-3-4-16-8-10/h5,10H,3-4,6-8H2,1-2H3. The first kappa shape index (κ1) is 11.3. The largest absolute Gasteiger partial charge is 0.381 e. The number of carbonyl (C=O) groups is 1. The SMILES string of the molecule is Cc1cc(CC(=O)CC2CCOC2)n(C)n1. The Labute approximate surface area is 95.6 Å². The number of hydrogen-bond acceptors (Lipinski definition) is 3. The highest BCUT2D eigenvalue weighted by Crippen LogP contribution is 2.17. The van der Waals surface area contributed by atoms with Crippen molar-refractivity contribution in [2.24, 2.45) is 13.0 Å². The third kappa shape index (κ3) is 2.70. The van der Waals surface area contributed by atoms with Gasteiger partial charge >= 0.3 is 0 Å². The maximum absolute atomic E-state index is 11.8. The molecule has 0 amide bonds. The molecule has 0 bridgehead atoms. The number of Topliss-reactive ketones (excluding diaryl/α,β-unsaturated/α-hetero) is 1. The van der Waals surface area contributed by atoms with E-state index in [-0.39, 0.29) is 0 Å². The molecular formula is C12H18N2O2. The first-order valence-corrected chi connectivity index (χ1v) is 5.74. The Morgan fingerprint density at radius 1 is 1.69 bits per heavy atom. The van der Waals surface area contributed by atoms with Crippen molar-refractivity contribution in [2.75, 3.05) is 13.2 Å². The van der Waals surface area contributed by atoms with E-state index in [4.69, 9.17) is 4.74 Å². The Bertz CT molecular complexity index is 378. The van der Waals surface area contributed by atoms with Crippen molar-refractivity contribution in [2.45, 2.75) is 26.2 Å². The highest BCUT2D eigenvalue weighted by Gasteiger charge is 2.19. The van der Waals surface area contributed by atoms with Gasteiger partial charge in [0.15, 0.2) is 0 Å². The molecule has 1 unspecified atom stereocenters. The number of ketones is 1. The summed E-state index contributed by atoms with van der Waals surface area (Å²) in [5, 5.41) is 4.24. The third-order valence-corrected chi connectivity index (χ3v) is 3.02. The molecule has 1 aliphatic heterocycles. The van der Waals surface area contributed by atoms with E-state index in [0.29, 0.717) is 24.5 Å². The number of rotatable bonds is 4. The smallest absolute Gasteiger partial charge is 0.139 e. The molecule has 2 heterocycles. The van der Waals surface area contributed by atoms with Crippen LogP contribution in [-0.2, 0) is 23.0 Å². The molecule has 0 aliphatic carbocycles. The Morgan fingerprint density at radius 3 is 3.06 bits per heavy atom. The summed E-state index contributed by atoms with van der Waals surface area (Å²) in [4.78, 5) is 11.8. The van der Waals surface area contributed by atoms with Gasteiger partial charge in [0, 0.05) is 38.8 Å². The molecule has 4 nitrogen and oxygen atoms in total. The van der Waals surface area contributed by atoms with Gasteiger partial charge in [0.1, 0.15) is 5.78 Å². The van der Waals surface area contributed by atoms with Crippen LogP contribution in [-0.4, -0.2) is 28.8 Å². The lowest BCUT2D eigenvalue weighted by Gasteiger charge is -2.06. The highest BCUT2D eigenvalue weighted by molar-refractivity contribution is 5.80. The van der Waals surface area contributed by atoms with Gasteiger partial charge in [0.25, 0.3) is 0 Å². The summed E-state index contributed by atoms with van der Waals surface area (Å²) < 4.78 is 7.06. The van der Waals surface area contributed by atoms with Gasteiger partial charge in [-0.05, 0) is 25.3 Å². The first-order valence-electron chi connectivity index (χ1n) is 5.74. The van der Waals surface area contributed by atoms with Crippen molar-refractivity contribution in [1.29, 1.82) is 0 Å². The molecule has 0 radical (unpaired) electrons. The van der Waals surface area contributed by atoms with E-state index < -0.39 is 0 Å². The quantitative estimate of drug-likeness (QED) is 0.770. The van der Waals surface area contributed by atoms with Crippen LogP contribution in [0.25, 0.3) is 0 Å². The van der Waals surface area contributed by atoms with Crippen LogP contribution in [0.1, 0.15) is 24.2 Å². The molecule has 0 aromatic carbocycles. The van der Waals surface area contributed by atoms with Gasteiger partial charge in [0.2, 0.25) is 0 Å². The van der Waals surface area contributed by atoms with Crippen LogP contribution in [0.4, 0.5) is 0 Å². The van der Waals surface area contributed by atoms with E-state index in [0.717, 1.165) is 31.0 Å². The molecule has 2 rings (SSSR count). The lowest BCUT2D eigenvalue weighted by molar-refractivity contribution is -0.119.